The standard InChI is InChI=1S/C23H31Cl2N3O3/c1-14(17-7-6-16(24)12-18(17)25)27(5)19(29)13-28-20(30)23(26-21(28)31)10-8-15(9-11-23)22(2,3)4/h6-7,12,14-15H,8-11,13H2,1-5H3,(H,26,31). The van der Waals surface area contributed by atoms with Gasteiger partial charge in [-0.2, -0.15) is 0 Å². The average molecular weight is 468 g/mol. The van der Waals surface area contributed by atoms with E-state index in [1.807, 2.05) is 6.92 Å². The molecule has 4 amide bonds. The van der Waals surface area contributed by atoms with Crippen molar-refractivity contribution in [3.8, 4) is 0 Å². The third kappa shape index (κ3) is 4.70. The van der Waals surface area contributed by atoms with Gasteiger partial charge in [0.15, 0.2) is 0 Å². The molecular weight excluding hydrogens is 437 g/mol. The van der Waals surface area contributed by atoms with Gasteiger partial charge in [0.05, 0.1) is 6.04 Å². The van der Waals surface area contributed by atoms with Crippen molar-refractivity contribution < 1.29 is 14.4 Å². The second-order valence-electron chi connectivity index (χ2n) is 9.89. The Morgan fingerprint density at radius 3 is 2.42 bits per heavy atom. The van der Waals surface area contributed by atoms with Gasteiger partial charge in [-0.1, -0.05) is 50.0 Å². The van der Waals surface area contributed by atoms with Gasteiger partial charge in [-0.25, -0.2) is 4.79 Å². The molecule has 1 aliphatic carbocycles. The van der Waals surface area contributed by atoms with Crippen LogP contribution in [-0.2, 0) is 9.59 Å². The van der Waals surface area contributed by atoms with E-state index in [4.69, 9.17) is 23.2 Å². The molecule has 2 fully saturated rings. The lowest BCUT2D eigenvalue weighted by Crippen LogP contribution is -2.51. The number of carbonyl (C=O) groups excluding carboxylic acids is 3. The largest absolute Gasteiger partial charge is 0.337 e. The first-order chi connectivity index (χ1) is 14.4. The van der Waals surface area contributed by atoms with E-state index in [1.165, 1.54) is 4.90 Å². The summed E-state index contributed by atoms with van der Waals surface area (Å²) in [5, 5.41) is 3.87. The van der Waals surface area contributed by atoms with Crippen molar-refractivity contribution in [1.29, 1.82) is 0 Å². The van der Waals surface area contributed by atoms with Crippen molar-refractivity contribution >= 4 is 41.0 Å². The number of hydrogen-bond donors (Lipinski definition) is 1. The molecule has 1 saturated heterocycles. The fourth-order valence-corrected chi connectivity index (χ4v) is 5.21. The van der Waals surface area contributed by atoms with Crippen LogP contribution in [0, 0.1) is 11.3 Å². The summed E-state index contributed by atoms with van der Waals surface area (Å²) in [5.41, 5.74) is 0.0455. The summed E-state index contributed by atoms with van der Waals surface area (Å²) in [6.07, 6.45) is 2.97. The molecule has 1 saturated carbocycles. The quantitative estimate of drug-likeness (QED) is 0.630. The number of amides is 4. The number of carbonyl (C=O) groups is 3. The van der Waals surface area contributed by atoms with E-state index in [2.05, 4.69) is 26.1 Å². The number of urea groups is 1. The topological polar surface area (TPSA) is 69.7 Å². The van der Waals surface area contributed by atoms with Crippen LogP contribution in [0.2, 0.25) is 10.0 Å². The highest BCUT2D eigenvalue weighted by atomic mass is 35.5. The maximum absolute atomic E-state index is 13.2. The highest BCUT2D eigenvalue weighted by molar-refractivity contribution is 6.35. The molecule has 8 heteroatoms. The van der Waals surface area contributed by atoms with Crippen LogP contribution in [0.1, 0.15) is 65.0 Å². The van der Waals surface area contributed by atoms with Crippen LogP contribution < -0.4 is 5.32 Å². The molecular formula is C23H31Cl2N3O3. The number of rotatable bonds is 4. The third-order valence-electron chi connectivity index (χ3n) is 6.99. The van der Waals surface area contributed by atoms with Crippen molar-refractivity contribution in [2.24, 2.45) is 11.3 Å². The minimum atomic E-state index is -0.872. The Hall–Kier alpha value is -1.79. The van der Waals surface area contributed by atoms with Crippen LogP contribution in [0.5, 0.6) is 0 Å². The van der Waals surface area contributed by atoms with Crippen LogP contribution in [0.25, 0.3) is 0 Å². The van der Waals surface area contributed by atoms with E-state index in [1.54, 1.807) is 25.2 Å². The first-order valence-electron chi connectivity index (χ1n) is 10.7. The van der Waals surface area contributed by atoms with E-state index >= 15 is 0 Å². The zero-order valence-electron chi connectivity index (χ0n) is 18.8. The summed E-state index contributed by atoms with van der Waals surface area (Å²) < 4.78 is 0. The maximum atomic E-state index is 13.2. The van der Waals surface area contributed by atoms with Crippen molar-refractivity contribution in [3.63, 3.8) is 0 Å². The summed E-state index contributed by atoms with van der Waals surface area (Å²) in [4.78, 5) is 41.3. The summed E-state index contributed by atoms with van der Waals surface area (Å²) in [6, 6.07) is 4.29. The molecule has 0 radical (unpaired) electrons. The number of nitrogens with zero attached hydrogens (tertiary/aromatic N) is 2. The van der Waals surface area contributed by atoms with Gasteiger partial charge < -0.3 is 10.2 Å². The first kappa shape index (κ1) is 23.9. The van der Waals surface area contributed by atoms with Crippen molar-refractivity contribution in [2.45, 2.75) is 65.0 Å². The van der Waals surface area contributed by atoms with E-state index in [0.717, 1.165) is 23.3 Å². The predicted octanol–water partition coefficient (Wildman–Crippen LogP) is 5.04. The normalized spacial score (nSPS) is 25.0. The van der Waals surface area contributed by atoms with Crippen molar-refractivity contribution in [2.75, 3.05) is 13.6 Å². The number of likely N-dealkylation sites (N-methyl/N-ethyl adjacent to an activating group) is 1. The maximum Gasteiger partial charge on any atom is 0.325 e. The molecule has 0 aromatic heterocycles. The average Bonchev–Trinajstić information content (AvgIpc) is 2.90. The predicted molar refractivity (Wildman–Crippen MR) is 122 cm³/mol. The van der Waals surface area contributed by atoms with Gasteiger partial charge in [0.25, 0.3) is 5.91 Å². The second-order valence-corrected chi connectivity index (χ2v) is 10.7. The minimum absolute atomic E-state index is 0.171. The summed E-state index contributed by atoms with van der Waals surface area (Å²) in [5.74, 6) is -0.110. The third-order valence-corrected chi connectivity index (χ3v) is 7.55. The fraction of sp³-hybridized carbons (Fsp3) is 0.609. The molecule has 6 nitrogen and oxygen atoms in total. The van der Waals surface area contributed by atoms with Gasteiger partial charge in [0.2, 0.25) is 5.91 Å². The van der Waals surface area contributed by atoms with Gasteiger partial charge in [-0.15, -0.1) is 0 Å². The van der Waals surface area contributed by atoms with Crippen LogP contribution in [0.15, 0.2) is 18.2 Å². The molecule has 170 valence electrons. The van der Waals surface area contributed by atoms with Gasteiger partial charge in [-0.05, 0) is 61.6 Å². The smallest absolute Gasteiger partial charge is 0.325 e. The Labute approximate surface area is 194 Å². The van der Waals surface area contributed by atoms with Gasteiger partial charge in [0.1, 0.15) is 12.1 Å². The lowest BCUT2D eigenvalue weighted by Gasteiger charge is -2.40. The number of hydrogen-bond acceptors (Lipinski definition) is 3. The molecule has 1 aliphatic heterocycles. The molecule has 31 heavy (non-hydrogen) atoms. The molecule has 1 heterocycles. The summed E-state index contributed by atoms with van der Waals surface area (Å²) >= 11 is 12.2. The van der Waals surface area contributed by atoms with E-state index in [9.17, 15) is 14.4 Å². The lowest BCUT2D eigenvalue weighted by molar-refractivity contribution is -0.140. The van der Waals surface area contributed by atoms with Gasteiger partial charge >= 0.3 is 6.03 Å². The van der Waals surface area contributed by atoms with E-state index < -0.39 is 11.6 Å². The highest BCUT2D eigenvalue weighted by Crippen LogP contribution is 2.43. The molecule has 1 atom stereocenters. The zero-order chi connectivity index (χ0) is 23.1. The lowest BCUT2D eigenvalue weighted by atomic mass is 9.67. The molecule has 1 aromatic rings. The monoisotopic (exact) mass is 467 g/mol. The first-order valence-corrected chi connectivity index (χ1v) is 11.5. The Balaban J connectivity index is 1.67. The molecule has 1 spiro atoms. The number of nitrogens with one attached hydrogen (secondary N) is 1. The second kappa shape index (κ2) is 8.62. The Bertz CT molecular complexity index is 889. The summed E-state index contributed by atoms with van der Waals surface area (Å²) in [6.45, 7) is 8.17. The van der Waals surface area contributed by atoms with Crippen LogP contribution >= 0.6 is 23.2 Å². The Kier molecular flexibility index (Phi) is 6.64. The SMILES string of the molecule is CC(c1ccc(Cl)cc1Cl)N(C)C(=O)CN1C(=O)NC2(CCC(C(C)(C)C)CC2)C1=O. The number of halogens is 2. The van der Waals surface area contributed by atoms with Crippen LogP contribution in [-0.4, -0.2) is 46.8 Å². The number of imide groups is 1. The fourth-order valence-electron chi connectivity index (χ4n) is 4.65. The van der Waals surface area contributed by atoms with E-state index in [0.29, 0.717) is 28.8 Å². The molecule has 1 unspecified atom stereocenters. The van der Waals surface area contributed by atoms with Crippen LogP contribution in [0.3, 0.4) is 0 Å². The molecule has 1 aromatic carbocycles. The Morgan fingerprint density at radius 2 is 1.87 bits per heavy atom. The Morgan fingerprint density at radius 1 is 1.26 bits per heavy atom. The molecule has 0 bridgehead atoms. The molecule has 2 aliphatic rings. The molecule has 1 N–H and O–H groups in total. The highest BCUT2D eigenvalue weighted by Gasteiger charge is 2.53. The van der Waals surface area contributed by atoms with E-state index in [-0.39, 0.29) is 29.8 Å². The van der Waals surface area contributed by atoms with Crippen LogP contribution in [0.4, 0.5) is 4.79 Å². The van der Waals surface area contributed by atoms with Crippen molar-refractivity contribution in [1.82, 2.24) is 15.1 Å². The van der Waals surface area contributed by atoms with Gasteiger partial charge in [-0.3, -0.25) is 14.5 Å². The summed E-state index contributed by atoms with van der Waals surface area (Å²) in [7, 11) is 1.64. The zero-order valence-corrected chi connectivity index (χ0v) is 20.3. The van der Waals surface area contributed by atoms with Crippen molar-refractivity contribution in [3.05, 3.63) is 33.8 Å². The minimum Gasteiger partial charge on any atom is -0.337 e. The number of benzene rings is 1. The molecule has 3 rings (SSSR count). The van der Waals surface area contributed by atoms with Gasteiger partial charge in [0, 0.05) is 17.1 Å².